The van der Waals surface area contributed by atoms with E-state index in [9.17, 15) is 4.79 Å². The first kappa shape index (κ1) is 18.6. The van der Waals surface area contributed by atoms with Gasteiger partial charge >= 0.3 is 5.97 Å². The van der Waals surface area contributed by atoms with E-state index in [0.29, 0.717) is 27.9 Å². The molecule has 0 radical (unpaired) electrons. The van der Waals surface area contributed by atoms with E-state index in [2.05, 4.69) is 4.74 Å². The van der Waals surface area contributed by atoms with E-state index in [4.69, 9.17) is 39.9 Å². The Balaban J connectivity index is 0.000000235. The zero-order valence-corrected chi connectivity index (χ0v) is 14.1. The van der Waals surface area contributed by atoms with Gasteiger partial charge < -0.3 is 9.84 Å². The summed E-state index contributed by atoms with van der Waals surface area (Å²) in [4.78, 5) is 10.8. The molecule has 3 nitrogen and oxygen atoms in total. The first-order valence-electron chi connectivity index (χ1n) is 6.37. The Kier molecular flexibility index (Phi) is 8.10. The summed E-state index contributed by atoms with van der Waals surface area (Å²) in [5, 5.41) is 10.4. The molecule has 0 heterocycles. The van der Waals surface area contributed by atoms with Gasteiger partial charge in [0.1, 0.15) is 5.75 Å². The standard InChI is InChI=1S/C10H11ClO2.C6H4Cl2O/c1-13-10(12)6-5-8-3-2-4-9(11)7-8;7-4-1-5(8)3-6(9)2-4/h2-4,7H,5-6H2,1H3;1-3,9H. The molecule has 0 saturated carbocycles. The van der Waals surface area contributed by atoms with Crippen molar-refractivity contribution in [2.75, 3.05) is 7.11 Å². The smallest absolute Gasteiger partial charge is 0.305 e. The first-order chi connectivity index (χ1) is 10.4. The number of phenolic OH excluding ortho intramolecular Hbond substituents is 1. The number of ether oxygens (including phenoxy) is 1. The van der Waals surface area contributed by atoms with Gasteiger partial charge in [0.2, 0.25) is 0 Å². The van der Waals surface area contributed by atoms with Gasteiger partial charge in [-0.1, -0.05) is 46.9 Å². The van der Waals surface area contributed by atoms with Crippen molar-refractivity contribution in [1.82, 2.24) is 0 Å². The number of esters is 1. The van der Waals surface area contributed by atoms with E-state index in [1.54, 1.807) is 6.07 Å². The fraction of sp³-hybridized carbons (Fsp3) is 0.188. The largest absolute Gasteiger partial charge is 0.508 e. The summed E-state index contributed by atoms with van der Waals surface area (Å²) < 4.78 is 4.53. The highest BCUT2D eigenvalue weighted by molar-refractivity contribution is 6.34. The highest BCUT2D eigenvalue weighted by atomic mass is 35.5. The van der Waals surface area contributed by atoms with Gasteiger partial charge in [-0.25, -0.2) is 0 Å². The number of aromatic hydroxyl groups is 1. The Labute approximate surface area is 144 Å². The van der Waals surface area contributed by atoms with Gasteiger partial charge in [-0.15, -0.1) is 0 Å². The van der Waals surface area contributed by atoms with Crippen molar-refractivity contribution in [2.24, 2.45) is 0 Å². The van der Waals surface area contributed by atoms with E-state index < -0.39 is 0 Å². The van der Waals surface area contributed by atoms with E-state index >= 15 is 0 Å². The quantitative estimate of drug-likeness (QED) is 0.769. The second kappa shape index (κ2) is 9.57. The van der Waals surface area contributed by atoms with Crippen LogP contribution in [0.2, 0.25) is 15.1 Å². The SMILES string of the molecule is COC(=O)CCc1cccc(Cl)c1.Oc1cc(Cl)cc(Cl)c1. The number of hydrogen-bond acceptors (Lipinski definition) is 3. The monoisotopic (exact) mass is 360 g/mol. The molecule has 2 aromatic carbocycles. The van der Waals surface area contributed by atoms with Crippen molar-refractivity contribution in [3.63, 3.8) is 0 Å². The van der Waals surface area contributed by atoms with Crippen molar-refractivity contribution in [3.05, 3.63) is 63.1 Å². The molecule has 0 bridgehead atoms. The molecular formula is C16H15Cl3O3. The molecule has 0 saturated heterocycles. The minimum atomic E-state index is -0.194. The van der Waals surface area contributed by atoms with Gasteiger partial charge in [0, 0.05) is 21.5 Å². The normalized spacial score (nSPS) is 9.64. The van der Waals surface area contributed by atoms with Gasteiger partial charge in [-0.3, -0.25) is 4.79 Å². The number of hydrogen-bond donors (Lipinski definition) is 1. The molecular weight excluding hydrogens is 347 g/mol. The van der Waals surface area contributed by atoms with Crippen LogP contribution in [0, 0.1) is 0 Å². The van der Waals surface area contributed by atoms with Crippen molar-refractivity contribution in [2.45, 2.75) is 12.8 Å². The number of benzene rings is 2. The first-order valence-corrected chi connectivity index (χ1v) is 7.50. The average Bonchev–Trinajstić information content (AvgIpc) is 2.44. The Morgan fingerprint density at radius 2 is 1.68 bits per heavy atom. The molecule has 0 fully saturated rings. The van der Waals surface area contributed by atoms with Crippen molar-refractivity contribution in [3.8, 4) is 5.75 Å². The molecule has 0 aliphatic carbocycles. The van der Waals surface area contributed by atoms with Crippen molar-refractivity contribution < 1.29 is 14.6 Å². The van der Waals surface area contributed by atoms with E-state index in [1.807, 2.05) is 24.3 Å². The summed E-state index contributed by atoms with van der Waals surface area (Å²) >= 11 is 16.8. The lowest BCUT2D eigenvalue weighted by molar-refractivity contribution is -0.140. The Morgan fingerprint density at radius 3 is 2.18 bits per heavy atom. The van der Waals surface area contributed by atoms with Crippen LogP contribution in [0.4, 0.5) is 0 Å². The molecule has 0 unspecified atom stereocenters. The third kappa shape index (κ3) is 7.55. The number of halogens is 3. The zero-order chi connectivity index (χ0) is 16.5. The molecule has 118 valence electrons. The van der Waals surface area contributed by atoms with Crippen LogP contribution in [0.3, 0.4) is 0 Å². The number of methoxy groups -OCH3 is 1. The van der Waals surface area contributed by atoms with Gasteiger partial charge in [0.05, 0.1) is 7.11 Å². The maximum absolute atomic E-state index is 10.8. The molecule has 2 aromatic rings. The van der Waals surface area contributed by atoms with Crippen LogP contribution in [0.25, 0.3) is 0 Å². The number of aryl methyl sites for hydroxylation is 1. The molecule has 0 aliphatic heterocycles. The van der Waals surface area contributed by atoms with Crippen LogP contribution in [0.5, 0.6) is 5.75 Å². The molecule has 0 aromatic heterocycles. The lowest BCUT2D eigenvalue weighted by atomic mass is 10.1. The van der Waals surface area contributed by atoms with Crippen LogP contribution in [0.15, 0.2) is 42.5 Å². The summed E-state index contributed by atoms with van der Waals surface area (Å²) in [6, 6.07) is 11.9. The lowest BCUT2D eigenvalue weighted by Crippen LogP contribution is -2.01. The number of carbonyl (C=O) groups excluding carboxylic acids is 1. The van der Waals surface area contributed by atoms with Crippen LogP contribution in [-0.2, 0) is 16.0 Å². The van der Waals surface area contributed by atoms with Gasteiger partial charge in [0.25, 0.3) is 0 Å². The second-order valence-electron chi connectivity index (χ2n) is 4.33. The van der Waals surface area contributed by atoms with Crippen LogP contribution < -0.4 is 0 Å². The van der Waals surface area contributed by atoms with Gasteiger partial charge in [-0.2, -0.15) is 0 Å². The van der Waals surface area contributed by atoms with Gasteiger partial charge in [-0.05, 0) is 42.3 Å². The molecule has 22 heavy (non-hydrogen) atoms. The predicted molar refractivity (Wildman–Crippen MR) is 89.9 cm³/mol. The van der Waals surface area contributed by atoms with Crippen LogP contribution >= 0.6 is 34.8 Å². The van der Waals surface area contributed by atoms with E-state index in [-0.39, 0.29) is 11.7 Å². The summed E-state index contributed by atoms with van der Waals surface area (Å²) in [5.74, 6) is -0.104. The van der Waals surface area contributed by atoms with Crippen molar-refractivity contribution in [1.29, 1.82) is 0 Å². The van der Waals surface area contributed by atoms with Crippen LogP contribution in [-0.4, -0.2) is 18.2 Å². The maximum Gasteiger partial charge on any atom is 0.305 e. The van der Waals surface area contributed by atoms with Crippen molar-refractivity contribution >= 4 is 40.8 Å². The highest BCUT2D eigenvalue weighted by Gasteiger charge is 2.01. The molecule has 2 rings (SSSR count). The summed E-state index contributed by atoms with van der Waals surface area (Å²) in [5.41, 5.74) is 1.05. The fourth-order valence-electron chi connectivity index (χ4n) is 1.58. The topological polar surface area (TPSA) is 46.5 Å². The molecule has 0 atom stereocenters. The van der Waals surface area contributed by atoms with Gasteiger partial charge in [0.15, 0.2) is 0 Å². The Morgan fingerprint density at radius 1 is 1.05 bits per heavy atom. The summed E-state index contributed by atoms with van der Waals surface area (Å²) in [7, 11) is 1.39. The predicted octanol–water partition coefficient (Wildman–Crippen LogP) is 5.14. The molecule has 0 amide bonds. The minimum Gasteiger partial charge on any atom is -0.508 e. The van der Waals surface area contributed by atoms with E-state index in [0.717, 1.165) is 5.56 Å². The maximum atomic E-state index is 10.8. The van der Waals surface area contributed by atoms with Crippen LogP contribution in [0.1, 0.15) is 12.0 Å². The summed E-state index contributed by atoms with van der Waals surface area (Å²) in [6.07, 6.45) is 1.07. The number of phenols is 1. The number of rotatable bonds is 3. The Hall–Kier alpha value is -1.42. The Bertz CT molecular complexity index is 579. The fourth-order valence-corrected chi connectivity index (χ4v) is 2.31. The molecule has 6 heteroatoms. The zero-order valence-electron chi connectivity index (χ0n) is 11.9. The minimum absolute atomic E-state index is 0.0903. The third-order valence-electron chi connectivity index (χ3n) is 2.58. The highest BCUT2D eigenvalue weighted by Crippen LogP contribution is 2.22. The lowest BCUT2D eigenvalue weighted by Gasteiger charge is -2.00. The molecule has 0 aliphatic rings. The molecule has 1 N–H and O–H groups in total. The average molecular weight is 362 g/mol. The summed E-state index contributed by atoms with van der Waals surface area (Å²) in [6.45, 7) is 0. The number of carbonyl (C=O) groups is 1. The molecule has 0 spiro atoms. The third-order valence-corrected chi connectivity index (χ3v) is 3.25. The van der Waals surface area contributed by atoms with E-state index in [1.165, 1.54) is 19.2 Å². The second-order valence-corrected chi connectivity index (χ2v) is 5.64.